The lowest BCUT2D eigenvalue weighted by molar-refractivity contribution is -0.123. The van der Waals surface area contributed by atoms with E-state index < -0.39 is 8.32 Å². The maximum Gasteiger partial charge on any atom is 0.227 e. The molecule has 178 valence electrons. The van der Waals surface area contributed by atoms with Crippen LogP contribution in [0.15, 0.2) is 48.5 Å². The van der Waals surface area contributed by atoms with E-state index in [0.717, 1.165) is 25.1 Å². The summed E-state index contributed by atoms with van der Waals surface area (Å²) in [5.74, 6) is -0.634. The maximum atomic E-state index is 13.3. The first-order valence-corrected chi connectivity index (χ1v) is 14.9. The van der Waals surface area contributed by atoms with Gasteiger partial charge in [0.15, 0.2) is 8.32 Å². The fraction of sp³-hybridized carbons (Fsp3) is 0.519. The van der Waals surface area contributed by atoms with Crippen molar-refractivity contribution in [3.8, 4) is 0 Å². The van der Waals surface area contributed by atoms with E-state index in [4.69, 9.17) is 4.43 Å². The first kappa shape index (κ1) is 24.1. The molecule has 1 heterocycles. The molecular weight excluding hydrogens is 431 g/mol. The van der Waals surface area contributed by atoms with Gasteiger partial charge in [0.05, 0.1) is 24.1 Å². The van der Waals surface area contributed by atoms with Crippen LogP contribution in [0.1, 0.15) is 56.3 Å². The van der Waals surface area contributed by atoms with Gasteiger partial charge in [0, 0.05) is 13.1 Å². The molecule has 1 aliphatic carbocycles. The van der Waals surface area contributed by atoms with Gasteiger partial charge in [-0.15, -0.1) is 0 Å². The first-order chi connectivity index (χ1) is 15.5. The van der Waals surface area contributed by atoms with Crippen LogP contribution in [0.5, 0.6) is 0 Å². The number of benzene rings is 2. The SMILES string of the molecule is CC(C(=O)N[C@@H]1Cc2ccccc2[C@H]1N1CC(O[Si](C)(C)C(C)(C)C)C1)c1ccc(F)cc1. The summed E-state index contributed by atoms with van der Waals surface area (Å²) in [5.41, 5.74) is 3.44. The van der Waals surface area contributed by atoms with Gasteiger partial charge in [-0.3, -0.25) is 9.69 Å². The highest BCUT2D eigenvalue weighted by Gasteiger charge is 2.46. The molecule has 0 aromatic heterocycles. The van der Waals surface area contributed by atoms with Gasteiger partial charge in [0.2, 0.25) is 5.91 Å². The number of fused-ring (bicyclic) bond motifs is 1. The van der Waals surface area contributed by atoms with Crippen LogP contribution in [0.2, 0.25) is 18.1 Å². The Hall–Kier alpha value is -2.02. The first-order valence-electron chi connectivity index (χ1n) is 12.0. The van der Waals surface area contributed by atoms with Gasteiger partial charge in [0.1, 0.15) is 5.82 Å². The number of carbonyl (C=O) groups excluding carboxylic acids is 1. The third-order valence-corrected chi connectivity index (χ3v) is 12.4. The zero-order chi connectivity index (χ0) is 24.0. The van der Waals surface area contributed by atoms with Crippen molar-refractivity contribution >= 4 is 14.2 Å². The number of amides is 1. The number of carbonyl (C=O) groups is 1. The van der Waals surface area contributed by atoms with E-state index in [0.29, 0.717) is 0 Å². The van der Waals surface area contributed by atoms with E-state index in [9.17, 15) is 9.18 Å². The lowest BCUT2D eigenvalue weighted by atomic mass is 9.97. The molecule has 1 unspecified atom stereocenters. The molecule has 1 N–H and O–H groups in total. The molecule has 3 atom stereocenters. The minimum Gasteiger partial charge on any atom is -0.411 e. The van der Waals surface area contributed by atoms with Crippen molar-refractivity contribution in [2.24, 2.45) is 0 Å². The van der Waals surface area contributed by atoms with Crippen LogP contribution in [0.25, 0.3) is 0 Å². The van der Waals surface area contributed by atoms with Gasteiger partial charge in [-0.05, 0) is 60.3 Å². The highest BCUT2D eigenvalue weighted by Crippen LogP contribution is 2.42. The highest BCUT2D eigenvalue weighted by molar-refractivity contribution is 6.74. The largest absolute Gasteiger partial charge is 0.411 e. The van der Waals surface area contributed by atoms with Crippen LogP contribution >= 0.6 is 0 Å². The van der Waals surface area contributed by atoms with Crippen LogP contribution in [0.4, 0.5) is 4.39 Å². The average molecular weight is 469 g/mol. The molecule has 1 fully saturated rings. The van der Waals surface area contributed by atoms with E-state index in [2.05, 4.69) is 68.3 Å². The van der Waals surface area contributed by atoms with Gasteiger partial charge >= 0.3 is 0 Å². The fourth-order valence-corrected chi connectivity index (χ4v) is 6.07. The standard InChI is InChI=1S/C27H37FN2O2Si/c1-18(19-11-13-21(28)14-12-19)26(31)29-24-15-20-9-7-8-10-23(20)25(24)30-16-22(17-30)32-33(5,6)27(2,3)4/h7-14,18,22,24-25H,15-17H2,1-6H3,(H,29,31)/t18?,24-,25-/m1/s1. The Kier molecular flexibility index (Phi) is 6.55. The second kappa shape index (κ2) is 8.97. The van der Waals surface area contributed by atoms with Crippen molar-refractivity contribution < 1.29 is 13.6 Å². The molecule has 0 bridgehead atoms. The summed E-state index contributed by atoms with van der Waals surface area (Å²) in [6.07, 6.45) is 1.08. The Morgan fingerprint density at radius 2 is 1.76 bits per heavy atom. The van der Waals surface area contributed by atoms with Crippen molar-refractivity contribution in [2.75, 3.05) is 13.1 Å². The number of nitrogens with one attached hydrogen (secondary N) is 1. The van der Waals surface area contributed by atoms with Crippen molar-refractivity contribution in [3.05, 3.63) is 71.0 Å². The lowest BCUT2D eigenvalue weighted by Crippen LogP contribution is -2.60. The molecule has 0 spiro atoms. The van der Waals surface area contributed by atoms with Crippen molar-refractivity contribution in [1.29, 1.82) is 0 Å². The summed E-state index contributed by atoms with van der Waals surface area (Å²) in [6, 6.07) is 14.9. The van der Waals surface area contributed by atoms with Crippen LogP contribution in [0, 0.1) is 5.82 Å². The van der Waals surface area contributed by atoms with Gasteiger partial charge in [0.25, 0.3) is 0 Å². The Morgan fingerprint density at radius 1 is 1.12 bits per heavy atom. The molecule has 0 radical (unpaired) electrons. The minimum absolute atomic E-state index is 0.0148. The monoisotopic (exact) mass is 468 g/mol. The Balaban J connectivity index is 1.45. The fourth-order valence-electron chi connectivity index (χ4n) is 4.73. The molecule has 4 nitrogen and oxygen atoms in total. The molecule has 2 aromatic rings. The molecule has 1 amide bonds. The van der Waals surface area contributed by atoms with E-state index in [1.54, 1.807) is 12.1 Å². The van der Waals surface area contributed by atoms with E-state index in [-0.39, 0.29) is 40.9 Å². The molecular formula is C27H37FN2O2Si. The van der Waals surface area contributed by atoms with Crippen LogP contribution in [-0.2, 0) is 15.6 Å². The third kappa shape index (κ3) is 4.93. The average Bonchev–Trinajstić information content (AvgIpc) is 3.07. The van der Waals surface area contributed by atoms with Crippen LogP contribution < -0.4 is 5.32 Å². The quantitative estimate of drug-likeness (QED) is 0.576. The Morgan fingerprint density at radius 3 is 2.39 bits per heavy atom. The predicted molar refractivity (Wildman–Crippen MR) is 133 cm³/mol. The third-order valence-electron chi connectivity index (χ3n) is 7.82. The summed E-state index contributed by atoms with van der Waals surface area (Å²) in [5, 5.41) is 3.51. The maximum absolute atomic E-state index is 13.3. The number of likely N-dealkylation sites (tertiary alicyclic amines) is 1. The number of hydrogen-bond acceptors (Lipinski definition) is 3. The summed E-state index contributed by atoms with van der Waals surface area (Å²) < 4.78 is 19.9. The van der Waals surface area contributed by atoms with E-state index in [1.165, 1.54) is 23.3 Å². The van der Waals surface area contributed by atoms with Crippen molar-refractivity contribution in [1.82, 2.24) is 10.2 Å². The second-order valence-corrected chi connectivity index (χ2v) is 15.9. The topological polar surface area (TPSA) is 41.6 Å². The Labute approximate surface area is 198 Å². The number of hydrogen-bond donors (Lipinski definition) is 1. The number of nitrogens with zero attached hydrogens (tertiary/aromatic N) is 1. The molecule has 33 heavy (non-hydrogen) atoms. The molecule has 2 aromatic carbocycles. The molecule has 2 aliphatic rings. The van der Waals surface area contributed by atoms with Gasteiger partial charge < -0.3 is 9.74 Å². The molecule has 0 saturated carbocycles. The number of rotatable bonds is 6. The molecule has 1 saturated heterocycles. The van der Waals surface area contributed by atoms with Crippen molar-refractivity contribution in [2.45, 2.75) is 76.4 Å². The van der Waals surface area contributed by atoms with Gasteiger partial charge in [-0.2, -0.15) is 0 Å². The zero-order valence-corrected chi connectivity index (χ0v) is 21.7. The second-order valence-electron chi connectivity index (χ2n) is 11.2. The summed E-state index contributed by atoms with van der Waals surface area (Å²) in [6.45, 7) is 15.1. The zero-order valence-electron chi connectivity index (χ0n) is 20.7. The number of halogens is 1. The summed E-state index contributed by atoms with van der Waals surface area (Å²) in [7, 11) is -1.80. The lowest BCUT2D eigenvalue weighted by Gasteiger charge is -2.49. The van der Waals surface area contributed by atoms with Gasteiger partial charge in [-0.25, -0.2) is 4.39 Å². The van der Waals surface area contributed by atoms with Crippen LogP contribution in [-0.4, -0.2) is 44.4 Å². The summed E-state index contributed by atoms with van der Waals surface area (Å²) >= 11 is 0. The normalized spacial score (nSPS) is 22.5. The predicted octanol–water partition coefficient (Wildman–Crippen LogP) is 5.42. The van der Waals surface area contributed by atoms with Crippen molar-refractivity contribution in [3.63, 3.8) is 0 Å². The van der Waals surface area contributed by atoms with E-state index >= 15 is 0 Å². The van der Waals surface area contributed by atoms with Gasteiger partial charge in [-0.1, -0.05) is 57.2 Å². The Bertz CT molecular complexity index is 996. The molecule has 6 heteroatoms. The molecule has 4 rings (SSSR count). The van der Waals surface area contributed by atoms with Crippen LogP contribution in [0.3, 0.4) is 0 Å². The minimum atomic E-state index is -1.80. The molecule has 1 aliphatic heterocycles. The van der Waals surface area contributed by atoms with E-state index in [1.807, 2.05) is 6.92 Å². The smallest absolute Gasteiger partial charge is 0.227 e. The summed E-state index contributed by atoms with van der Waals surface area (Å²) in [4.78, 5) is 15.6. The highest BCUT2D eigenvalue weighted by atomic mass is 28.4.